The molecular weight excluding hydrogens is 452 g/mol. The highest BCUT2D eigenvalue weighted by atomic mass is 16.2. The van der Waals surface area contributed by atoms with Gasteiger partial charge in [-0.05, 0) is 79.6 Å². The van der Waals surface area contributed by atoms with Gasteiger partial charge in [-0.3, -0.25) is 10.1 Å². The highest BCUT2D eigenvalue weighted by Crippen LogP contribution is 2.26. The normalized spacial score (nSPS) is 23.1. The maximum absolute atomic E-state index is 13.2. The van der Waals surface area contributed by atoms with Crippen LogP contribution in [0.25, 0.3) is 0 Å². The minimum Gasteiger partial charge on any atom is -0.341 e. The highest BCUT2D eigenvalue weighted by Gasteiger charge is 2.43. The first-order valence-corrected chi connectivity index (χ1v) is 14.2. The van der Waals surface area contributed by atoms with Crippen molar-refractivity contribution in [1.82, 2.24) is 25.2 Å². The van der Waals surface area contributed by atoms with Crippen LogP contribution in [0.3, 0.4) is 0 Å². The van der Waals surface area contributed by atoms with Gasteiger partial charge in [0, 0.05) is 57.4 Å². The van der Waals surface area contributed by atoms with Crippen LogP contribution in [0.5, 0.6) is 0 Å². The minimum atomic E-state index is -0.570. The number of anilines is 3. The molecule has 0 bridgehead atoms. The third-order valence-corrected chi connectivity index (χ3v) is 7.93. The van der Waals surface area contributed by atoms with Crippen molar-refractivity contribution in [1.29, 1.82) is 0 Å². The van der Waals surface area contributed by atoms with Gasteiger partial charge in [-0.2, -0.15) is 15.0 Å². The summed E-state index contributed by atoms with van der Waals surface area (Å²) in [5, 5.41) is 3.50. The van der Waals surface area contributed by atoms with Gasteiger partial charge in [0.05, 0.1) is 5.54 Å². The van der Waals surface area contributed by atoms with E-state index in [0.717, 1.165) is 50.4 Å². The molecule has 0 radical (unpaired) electrons. The summed E-state index contributed by atoms with van der Waals surface area (Å²) < 4.78 is 0. The number of piperidine rings is 2. The van der Waals surface area contributed by atoms with Crippen molar-refractivity contribution in [2.75, 3.05) is 60.5 Å². The largest absolute Gasteiger partial charge is 0.341 e. The molecule has 0 spiro atoms. The minimum absolute atomic E-state index is 0.130. The number of nitrogens with one attached hydrogen (secondary N) is 1. The number of nitrogens with zero attached hydrogens (tertiary/aromatic N) is 7. The lowest BCUT2D eigenvalue weighted by Gasteiger charge is -2.47. The van der Waals surface area contributed by atoms with Crippen LogP contribution in [0.1, 0.15) is 86.5 Å². The van der Waals surface area contributed by atoms with Crippen molar-refractivity contribution in [3.8, 4) is 0 Å². The molecule has 1 unspecified atom stereocenters. The number of rotatable bonds is 8. The molecular formula is C27H48N8O. The summed E-state index contributed by atoms with van der Waals surface area (Å²) >= 11 is 0. The Labute approximate surface area is 218 Å². The van der Waals surface area contributed by atoms with Crippen LogP contribution in [0.15, 0.2) is 0 Å². The van der Waals surface area contributed by atoms with Gasteiger partial charge in [0.1, 0.15) is 0 Å². The lowest BCUT2D eigenvalue weighted by atomic mass is 9.90. The quantitative estimate of drug-likeness (QED) is 0.581. The molecule has 36 heavy (non-hydrogen) atoms. The molecule has 3 fully saturated rings. The van der Waals surface area contributed by atoms with Gasteiger partial charge < -0.3 is 19.6 Å². The number of carbonyl (C=O) groups is 1. The van der Waals surface area contributed by atoms with Crippen LogP contribution in [-0.2, 0) is 4.79 Å². The summed E-state index contributed by atoms with van der Waals surface area (Å²) in [5.41, 5.74) is -0.701. The zero-order valence-corrected chi connectivity index (χ0v) is 23.5. The fraction of sp³-hybridized carbons (Fsp3) is 0.852. The number of carbonyl (C=O) groups excluding carboxylic acids is 1. The summed E-state index contributed by atoms with van der Waals surface area (Å²) in [6, 6.07) is 0.259. The highest BCUT2D eigenvalue weighted by molar-refractivity contribution is 5.86. The molecule has 0 aliphatic carbocycles. The van der Waals surface area contributed by atoms with E-state index in [4.69, 9.17) is 15.0 Å². The van der Waals surface area contributed by atoms with Gasteiger partial charge in [0.15, 0.2) is 0 Å². The monoisotopic (exact) mass is 500 g/mol. The van der Waals surface area contributed by atoms with Crippen LogP contribution in [0.4, 0.5) is 17.8 Å². The summed E-state index contributed by atoms with van der Waals surface area (Å²) in [5.74, 6) is 2.54. The summed E-state index contributed by atoms with van der Waals surface area (Å²) in [7, 11) is 0. The SMILES string of the molecule is CCC(C)N(CCN1CC(C)(C)NC(C)(C)C1=O)c1nc(N2CCCCC2)nc(N2CCCCC2)n1. The van der Waals surface area contributed by atoms with Gasteiger partial charge in [0.25, 0.3) is 0 Å². The first kappa shape index (κ1) is 26.9. The first-order chi connectivity index (χ1) is 17.1. The Hall–Kier alpha value is -2.16. The van der Waals surface area contributed by atoms with Crippen LogP contribution in [0.2, 0.25) is 0 Å². The van der Waals surface area contributed by atoms with E-state index in [-0.39, 0.29) is 17.5 Å². The second-order valence-corrected chi connectivity index (χ2v) is 12.1. The summed E-state index contributed by atoms with van der Waals surface area (Å²) in [6.45, 7) is 18.8. The van der Waals surface area contributed by atoms with Crippen molar-refractivity contribution < 1.29 is 4.79 Å². The van der Waals surface area contributed by atoms with Crippen molar-refractivity contribution in [3.05, 3.63) is 0 Å². The number of hydrogen-bond acceptors (Lipinski definition) is 8. The van der Waals surface area contributed by atoms with Crippen LogP contribution < -0.4 is 20.0 Å². The van der Waals surface area contributed by atoms with E-state index in [1.54, 1.807) is 0 Å². The maximum Gasteiger partial charge on any atom is 0.242 e. The van der Waals surface area contributed by atoms with Gasteiger partial charge in [-0.25, -0.2) is 0 Å². The molecule has 1 N–H and O–H groups in total. The zero-order valence-electron chi connectivity index (χ0n) is 23.5. The van der Waals surface area contributed by atoms with E-state index in [9.17, 15) is 4.79 Å². The summed E-state index contributed by atoms with van der Waals surface area (Å²) in [4.78, 5) is 37.3. The Morgan fingerprint density at radius 1 is 0.889 bits per heavy atom. The molecule has 1 aromatic heterocycles. The molecule has 9 nitrogen and oxygen atoms in total. The summed E-state index contributed by atoms with van der Waals surface area (Å²) in [6.07, 6.45) is 8.28. The average Bonchev–Trinajstić information content (AvgIpc) is 2.87. The zero-order chi connectivity index (χ0) is 25.9. The van der Waals surface area contributed by atoms with Gasteiger partial charge >= 0.3 is 0 Å². The Morgan fingerprint density at radius 2 is 1.42 bits per heavy atom. The third kappa shape index (κ3) is 6.21. The van der Waals surface area contributed by atoms with Crippen molar-refractivity contribution in [2.24, 2.45) is 0 Å². The van der Waals surface area contributed by atoms with E-state index < -0.39 is 5.54 Å². The molecule has 0 saturated carbocycles. The van der Waals surface area contributed by atoms with E-state index in [1.165, 1.54) is 38.5 Å². The predicted octanol–water partition coefficient (Wildman–Crippen LogP) is 3.45. The number of amides is 1. The molecule has 1 atom stereocenters. The van der Waals surface area contributed by atoms with Crippen molar-refractivity contribution in [2.45, 2.75) is 104 Å². The standard InChI is InChI=1S/C27H48N8O/c1-7-21(2)35(19-18-34-20-26(3,4)31-27(5,6)22(34)36)25-29-23(32-14-10-8-11-15-32)28-24(30-25)33-16-12-9-13-17-33/h21,31H,7-20H2,1-6H3. The molecule has 4 heterocycles. The molecule has 3 aliphatic heterocycles. The third-order valence-electron chi connectivity index (χ3n) is 7.93. The molecule has 4 rings (SSSR count). The molecule has 1 aromatic rings. The molecule has 3 saturated heterocycles. The number of hydrogen-bond donors (Lipinski definition) is 1. The average molecular weight is 501 g/mol. The molecule has 0 aromatic carbocycles. The second-order valence-electron chi connectivity index (χ2n) is 12.1. The van der Waals surface area contributed by atoms with Crippen LogP contribution in [0, 0.1) is 0 Å². The van der Waals surface area contributed by atoms with E-state index in [0.29, 0.717) is 19.6 Å². The van der Waals surface area contributed by atoms with E-state index >= 15 is 0 Å². The fourth-order valence-corrected chi connectivity index (χ4v) is 5.97. The fourth-order valence-electron chi connectivity index (χ4n) is 5.97. The Kier molecular flexibility index (Phi) is 8.27. The van der Waals surface area contributed by atoms with Crippen molar-refractivity contribution >= 4 is 23.8 Å². The molecule has 3 aliphatic rings. The van der Waals surface area contributed by atoms with E-state index in [2.05, 4.69) is 47.7 Å². The number of piperazine rings is 1. The lowest BCUT2D eigenvalue weighted by molar-refractivity contribution is -0.143. The van der Waals surface area contributed by atoms with E-state index in [1.807, 2.05) is 18.7 Å². The topological polar surface area (TPSA) is 80.7 Å². The van der Waals surface area contributed by atoms with Crippen LogP contribution >= 0.6 is 0 Å². The second kappa shape index (κ2) is 11.1. The molecule has 1 amide bonds. The lowest BCUT2D eigenvalue weighted by Crippen LogP contribution is -2.70. The Balaban J connectivity index is 1.62. The van der Waals surface area contributed by atoms with Gasteiger partial charge in [-0.1, -0.05) is 6.92 Å². The Bertz CT molecular complexity index is 856. The Morgan fingerprint density at radius 3 is 1.92 bits per heavy atom. The maximum atomic E-state index is 13.2. The van der Waals surface area contributed by atoms with Crippen molar-refractivity contribution in [3.63, 3.8) is 0 Å². The number of aromatic nitrogens is 3. The smallest absolute Gasteiger partial charge is 0.242 e. The van der Waals surface area contributed by atoms with Gasteiger partial charge in [0.2, 0.25) is 23.8 Å². The first-order valence-electron chi connectivity index (χ1n) is 14.2. The van der Waals surface area contributed by atoms with Gasteiger partial charge in [-0.15, -0.1) is 0 Å². The molecule has 202 valence electrons. The van der Waals surface area contributed by atoms with Crippen LogP contribution in [-0.4, -0.2) is 88.7 Å². The predicted molar refractivity (Wildman–Crippen MR) is 147 cm³/mol. The molecule has 9 heteroatoms.